The highest BCUT2D eigenvalue weighted by Gasteiger charge is 2.04. The number of rotatable bonds is 5. The molecule has 140 valence electrons. The van der Waals surface area contributed by atoms with Gasteiger partial charge in [0.25, 0.3) is 0 Å². The van der Waals surface area contributed by atoms with Gasteiger partial charge < -0.3 is 20.4 Å². The zero-order valence-corrected chi connectivity index (χ0v) is 16.3. The average molecular weight is 409 g/mol. The molecular weight excluding hydrogens is 392 g/mol. The number of nitrogens with one attached hydrogen (secondary N) is 3. The Kier molecular flexibility index (Phi) is 5.41. The highest BCUT2D eigenvalue weighted by molar-refractivity contribution is 7.80. The van der Waals surface area contributed by atoms with Gasteiger partial charge in [-0.1, -0.05) is 23.7 Å². The normalized spacial score (nSPS) is 10.6. The van der Waals surface area contributed by atoms with Gasteiger partial charge in [0.15, 0.2) is 5.11 Å². The lowest BCUT2D eigenvalue weighted by Gasteiger charge is -2.11. The minimum absolute atomic E-state index is 0.373. The molecule has 1 aromatic heterocycles. The Balaban J connectivity index is 1.31. The Morgan fingerprint density at radius 3 is 2.25 bits per heavy atom. The van der Waals surface area contributed by atoms with Gasteiger partial charge in [-0.2, -0.15) is 0 Å². The molecule has 0 saturated heterocycles. The van der Waals surface area contributed by atoms with Crippen LogP contribution in [0.5, 0.6) is 5.75 Å². The second kappa shape index (κ2) is 8.29. The molecule has 0 amide bonds. The van der Waals surface area contributed by atoms with Crippen LogP contribution < -0.4 is 15.4 Å². The molecule has 3 aromatic carbocycles. The lowest BCUT2D eigenvalue weighted by molar-refractivity contribution is 0.297. The van der Waals surface area contributed by atoms with E-state index in [-0.39, 0.29) is 0 Å². The number of imidazole rings is 1. The summed E-state index contributed by atoms with van der Waals surface area (Å²) in [5.41, 5.74) is 3.67. The fourth-order valence-corrected chi connectivity index (χ4v) is 3.05. The van der Waals surface area contributed by atoms with E-state index >= 15 is 0 Å². The first-order valence-electron chi connectivity index (χ1n) is 8.66. The monoisotopic (exact) mass is 408 g/mol. The van der Waals surface area contributed by atoms with Gasteiger partial charge in [0.05, 0.1) is 11.0 Å². The summed E-state index contributed by atoms with van der Waals surface area (Å²) in [5.74, 6) is 1.54. The number of aromatic nitrogens is 2. The zero-order valence-electron chi connectivity index (χ0n) is 14.8. The summed E-state index contributed by atoms with van der Waals surface area (Å²) in [7, 11) is 0. The predicted octanol–water partition coefficient (Wildman–Crippen LogP) is 5.60. The van der Waals surface area contributed by atoms with Gasteiger partial charge in [-0.05, 0) is 72.9 Å². The topological polar surface area (TPSA) is 62.0 Å². The first-order chi connectivity index (χ1) is 13.7. The van der Waals surface area contributed by atoms with Crippen molar-refractivity contribution >= 4 is 51.3 Å². The standard InChI is InChI=1S/C21H17ClN4OS/c22-14-5-7-15(8-6-14)23-21(28)24-16-9-11-17(12-10-16)27-13-20-25-18-3-1-2-4-19(18)26-20/h1-12H,13H2,(H,25,26)(H2,23,24,28). The number of anilines is 2. The molecule has 0 unspecified atom stereocenters. The van der Waals surface area contributed by atoms with Crippen molar-refractivity contribution in [1.82, 2.24) is 9.97 Å². The van der Waals surface area contributed by atoms with Crippen molar-refractivity contribution in [1.29, 1.82) is 0 Å². The van der Waals surface area contributed by atoms with Gasteiger partial charge in [0, 0.05) is 16.4 Å². The lowest BCUT2D eigenvalue weighted by Crippen LogP contribution is -2.18. The van der Waals surface area contributed by atoms with Crippen LogP contribution in [0, 0.1) is 0 Å². The van der Waals surface area contributed by atoms with Crippen molar-refractivity contribution in [2.24, 2.45) is 0 Å². The van der Waals surface area contributed by atoms with Crippen molar-refractivity contribution in [3.8, 4) is 5.75 Å². The molecule has 5 nitrogen and oxygen atoms in total. The van der Waals surface area contributed by atoms with Gasteiger partial charge >= 0.3 is 0 Å². The van der Waals surface area contributed by atoms with Crippen LogP contribution in [-0.4, -0.2) is 15.1 Å². The molecule has 3 N–H and O–H groups in total. The second-order valence-corrected chi connectivity index (χ2v) is 6.94. The molecule has 0 fully saturated rings. The Labute approximate surface area is 172 Å². The summed E-state index contributed by atoms with van der Waals surface area (Å²) in [6.07, 6.45) is 0. The number of halogens is 1. The van der Waals surface area contributed by atoms with E-state index < -0.39 is 0 Å². The molecule has 4 rings (SSSR count). The first kappa shape index (κ1) is 18.3. The van der Waals surface area contributed by atoms with E-state index in [1.165, 1.54) is 0 Å². The van der Waals surface area contributed by atoms with Gasteiger partial charge in [-0.3, -0.25) is 0 Å². The van der Waals surface area contributed by atoms with Gasteiger partial charge in [-0.15, -0.1) is 0 Å². The van der Waals surface area contributed by atoms with Crippen molar-refractivity contribution < 1.29 is 4.74 Å². The number of para-hydroxylation sites is 2. The third kappa shape index (κ3) is 4.60. The number of benzene rings is 3. The summed E-state index contributed by atoms with van der Waals surface area (Å²) in [4.78, 5) is 7.75. The van der Waals surface area contributed by atoms with E-state index in [0.29, 0.717) is 16.7 Å². The Morgan fingerprint density at radius 2 is 1.57 bits per heavy atom. The maximum absolute atomic E-state index is 5.88. The van der Waals surface area contributed by atoms with Crippen molar-refractivity contribution in [2.45, 2.75) is 6.61 Å². The second-order valence-electron chi connectivity index (χ2n) is 6.10. The van der Waals surface area contributed by atoms with Gasteiger partial charge in [0.2, 0.25) is 0 Å². The molecule has 0 aliphatic rings. The molecule has 4 aromatic rings. The molecule has 7 heteroatoms. The van der Waals surface area contributed by atoms with Crippen LogP contribution >= 0.6 is 23.8 Å². The molecular formula is C21H17ClN4OS. The minimum atomic E-state index is 0.373. The largest absolute Gasteiger partial charge is 0.486 e. The molecule has 0 aliphatic heterocycles. The SMILES string of the molecule is S=C(Nc1ccc(Cl)cc1)Nc1ccc(OCc2nc3ccccc3[nH]2)cc1. The summed E-state index contributed by atoms with van der Waals surface area (Å²) < 4.78 is 5.81. The average Bonchev–Trinajstić information content (AvgIpc) is 3.12. The van der Waals surface area contributed by atoms with E-state index in [0.717, 1.165) is 34.0 Å². The maximum atomic E-state index is 5.88. The van der Waals surface area contributed by atoms with Crippen LogP contribution in [0.25, 0.3) is 11.0 Å². The van der Waals surface area contributed by atoms with Crippen LogP contribution in [0.1, 0.15) is 5.82 Å². The third-order valence-corrected chi connectivity index (χ3v) is 4.48. The molecule has 0 radical (unpaired) electrons. The van der Waals surface area contributed by atoms with Crippen LogP contribution in [-0.2, 0) is 6.61 Å². The Hall–Kier alpha value is -3.09. The minimum Gasteiger partial charge on any atom is -0.486 e. The summed E-state index contributed by atoms with van der Waals surface area (Å²) in [6, 6.07) is 22.8. The van der Waals surface area contributed by atoms with Gasteiger partial charge in [0.1, 0.15) is 18.2 Å². The fourth-order valence-electron chi connectivity index (χ4n) is 2.69. The van der Waals surface area contributed by atoms with E-state index in [1.54, 1.807) is 12.1 Å². The van der Waals surface area contributed by atoms with E-state index in [9.17, 15) is 0 Å². The van der Waals surface area contributed by atoms with Gasteiger partial charge in [-0.25, -0.2) is 4.98 Å². The Bertz CT molecular complexity index is 1060. The van der Waals surface area contributed by atoms with Crippen molar-refractivity contribution in [3.05, 3.63) is 83.6 Å². The number of ether oxygens (including phenoxy) is 1. The van der Waals surface area contributed by atoms with Crippen LogP contribution in [0.2, 0.25) is 5.02 Å². The highest BCUT2D eigenvalue weighted by Crippen LogP contribution is 2.19. The number of hydrogen-bond donors (Lipinski definition) is 3. The molecule has 1 heterocycles. The van der Waals surface area contributed by atoms with Crippen LogP contribution in [0.15, 0.2) is 72.8 Å². The molecule has 0 saturated carbocycles. The summed E-state index contributed by atoms with van der Waals surface area (Å²) >= 11 is 11.2. The molecule has 0 bridgehead atoms. The molecule has 28 heavy (non-hydrogen) atoms. The highest BCUT2D eigenvalue weighted by atomic mass is 35.5. The molecule has 0 aliphatic carbocycles. The maximum Gasteiger partial charge on any atom is 0.175 e. The smallest absolute Gasteiger partial charge is 0.175 e. The van der Waals surface area contributed by atoms with E-state index in [2.05, 4.69) is 20.6 Å². The Morgan fingerprint density at radius 1 is 0.929 bits per heavy atom. The number of thiocarbonyl (C=S) groups is 1. The number of fused-ring (bicyclic) bond motifs is 1. The van der Waals surface area contributed by atoms with Crippen molar-refractivity contribution in [3.63, 3.8) is 0 Å². The number of H-pyrrole nitrogens is 1. The number of aromatic amines is 1. The van der Waals surface area contributed by atoms with E-state index in [4.69, 9.17) is 28.6 Å². The first-order valence-corrected chi connectivity index (χ1v) is 9.44. The quantitative estimate of drug-likeness (QED) is 0.375. The van der Waals surface area contributed by atoms with Crippen molar-refractivity contribution in [2.75, 3.05) is 10.6 Å². The summed E-state index contributed by atoms with van der Waals surface area (Å²) in [5, 5.41) is 7.43. The number of nitrogens with zero attached hydrogens (tertiary/aromatic N) is 1. The zero-order chi connectivity index (χ0) is 19.3. The fraction of sp³-hybridized carbons (Fsp3) is 0.0476. The number of hydrogen-bond acceptors (Lipinski definition) is 3. The van der Waals surface area contributed by atoms with E-state index in [1.807, 2.05) is 60.7 Å². The van der Waals surface area contributed by atoms with Crippen LogP contribution in [0.4, 0.5) is 11.4 Å². The van der Waals surface area contributed by atoms with Crippen LogP contribution in [0.3, 0.4) is 0 Å². The summed E-state index contributed by atoms with van der Waals surface area (Å²) in [6.45, 7) is 0.373. The molecule has 0 spiro atoms. The predicted molar refractivity (Wildman–Crippen MR) is 118 cm³/mol. The third-order valence-electron chi connectivity index (χ3n) is 4.03. The molecule has 0 atom stereocenters. The lowest BCUT2D eigenvalue weighted by atomic mass is 10.3.